The molecule has 0 unspecified atom stereocenters. The highest BCUT2D eigenvalue weighted by Gasteiger charge is 2.30. The minimum absolute atomic E-state index is 0.0686. The average Bonchev–Trinajstić information content (AvgIpc) is 2.78. The molecule has 0 saturated carbocycles. The number of carbonyl (C=O) groups excluding carboxylic acids is 2. The molecule has 10 heteroatoms. The number of carboxylic acid groups (broad SMARTS) is 1. The SMILES string of the molecule is NC(=O)[C@H](Cc1ccccc1)NC(=O)[C@H](CC(=O)O)NS(=O)(=O)c1ccc2ccccc2c1. The number of rotatable bonds is 10. The van der Waals surface area contributed by atoms with Crippen LogP contribution in [0.1, 0.15) is 12.0 Å². The topological polar surface area (TPSA) is 156 Å². The fourth-order valence-corrected chi connectivity index (χ4v) is 4.53. The zero-order chi connectivity index (χ0) is 24.0. The van der Waals surface area contributed by atoms with Crippen molar-refractivity contribution in [2.75, 3.05) is 0 Å². The van der Waals surface area contributed by atoms with Crippen molar-refractivity contribution in [2.45, 2.75) is 29.8 Å². The Kier molecular flexibility index (Phi) is 7.41. The minimum atomic E-state index is -4.25. The Morgan fingerprint density at radius 1 is 0.879 bits per heavy atom. The fourth-order valence-electron chi connectivity index (χ4n) is 3.30. The predicted molar refractivity (Wildman–Crippen MR) is 122 cm³/mol. The van der Waals surface area contributed by atoms with E-state index in [-0.39, 0.29) is 11.3 Å². The van der Waals surface area contributed by atoms with Crippen LogP contribution in [0.25, 0.3) is 10.8 Å². The molecule has 3 rings (SSSR count). The molecule has 0 saturated heterocycles. The second kappa shape index (κ2) is 10.2. The van der Waals surface area contributed by atoms with E-state index in [9.17, 15) is 27.9 Å². The van der Waals surface area contributed by atoms with Crippen LogP contribution in [-0.2, 0) is 30.8 Å². The maximum absolute atomic E-state index is 12.9. The van der Waals surface area contributed by atoms with Crippen molar-refractivity contribution in [3.05, 3.63) is 78.4 Å². The van der Waals surface area contributed by atoms with Crippen molar-refractivity contribution < 1.29 is 27.9 Å². The molecule has 0 spiro atoms. The van der Waals surface area contributed by atoms with E-state index in [4.69, 9.17) is 5.73 Å². The lowest BCUT2D eigenvalue weighted by Gasteiger charge is -2.21. The van der Waals surface area contributed by atoms with Gasteiger partial charge in [-0.2, -0.15) is 4.72 Å². The van der Waals surface area contributed by atoms with Crippen LogP contribution in [0.15, 0.2) is 77.7 Å². The summed E-state index contributed by atoms with van der Waals surface area (Å²) in [6, 6.07) is 17.5. The van der Waals surface area contributed by atoms with Crippen molar-refractivity contribution in [3.63, 3.8) is 0 Å². The molecule has 0 heterocycles. The summed E-state index contributed by atoms with van der Waals surface area (Å²) in [5.74, 6) is -3.20. The third-order valence-corrected chi connectivity index (χ3v) is 6.44. The Morgan fingerprint density at radius 2 is 1.52 bits per heavy atom. The number of carbonyl (C=O) groups is 3. The van der Waals surface area contributed by atoms with Crippen LogP contribution in [-0.4, -0.2) is 43.4 Å². The van der Waals surface area contributed by atoms with E-state index in [2.05, 4.69) is 10.0 Å². The molecule has 2 amide bonds. The van der Waals surface area contributed by atoms with Crippen LogP contribution in [0.2, 0.25) is 0 Å². The molecular weight excluding hydrogens is 446 g/mol. The van der Waals surface area contributed by atoms with Gasteiger partial charge in [0.2, 0.25) is 21.8 Å². The average molecular weight is 470 g/mol. The first-order valence-corrected chi connectivity index (χ1v) is 11.5. The second-order valence-corrected chi connectivity index (χ2v) is 9.15. The molecule has 172 valence electrons. The lowest BCUT2D eigenvalue weighted by Crippen LogP contribution is -2.54. The van der Waals surface area contributed by atoms with E-state index in [0.29, 0.717) is 10.9 Å². The van der Waals surface area contributed by atoms with Gasteiger partial charge in [0.05, 0.1) is 11.3 Å². The monoisotopic (exact) mass is 469 g/mol. The zero-order valence-corrected chi connectivity index (χ0v) is 18.3. The maximum Gasteiger partial charge on any atom is 0.305 e. The van der Waals surface area contributed by atoms with E-state index >= 15 is 0 Å². The van der Waals surface area contributed by atoms with Gasteiger partial charge in [0.15, 0.2) is 0 Å². The smallest absolute Gasteiger partial charge is 0.305 e. The molecule has 0 bridgehead atoms. The Labute approximate surface area is 190 Å². The molecule has 0 aliphatic heterocycles. The normalized spacial score (nSPS) is 13.2. The van der Waals surface area contributed by atoms with Gasteiger partial charge in [-0.25, -0.2) is 8.42 Å². The van der Waals surface area contributed by atoms with Crippen molar-refractivity contribution in [3.8, 4) is 0 Å². The molecule has 0 fully saturated rings. The number of carboxylic acids is 1. The number of nitrogens with one attached hydrogen (secondary N) is 2. The van der Waals surface area contributed by atoms with Crippen LogP contribution in [0, 0.1) is 0 Å². The van der Waals surface area contributed by atoms with Crippen LogP contribution in [0.3, 0.4) is 0 Å². The number of sulfonamides is 1. The number of primary amides is 1. The van der Waals surface area contributed by atoms with Gasteiger partial charge < -0.3 is 16.2 Å². The van der Waals surface area contributed by atoms with Crippen molar-refractivity contribution >= 4 is 38.6 Å². The predicted octanol–water partition coefficient (Wildman–Crippen LogP) is 1.17. The number of amides is 2. The summed E-state index contributed by atoms with van der Waals surface area (Å²) < 4.78 is 28.0. The number of aliphatic carboxylic acids is 1. The van der Waals surface area contributed by atoms with Crippen LogP contribution in [0.4, 0.5) is 0 Å². The van der Waals surface area contributed by atoms with E-state index in [0.717, 1.165) is 5.39 Å². The van der Waals surface area contributed by atoms with Crippen LogP contribution < -0.4 is 15.8 Å². The number of hydrogen-bond acceptors (Lipinski definition) is 5. The fraction of sp³-hybridized carbons (Fsp3) is 0.174. The van der Waals surface area contributed by atoms with E-state index < -0.39 is 46.3 Å². The number of benzene rings is 3. The van der Waals surface area contributed by atoms with Crippen LogP contribution in [0.5, 0.6) is 0 Å². The first-order valence-electron chi connectivity index (χ1n) is 10.0. The minimum Gasteiger partial charge on any atom is -0.481 e. The quantitative estimate of drug-likeness (QED) is 0.349. The second-order valence-electron chi connectivity index (χ2n) is 7.43. The molecule has 0 aliphatic carbocycles. The van der Waals surface area contributed by atoms with Gasteiger partial charge in [-0.05, 0) is 28.5 Å². The number of nitrogens with two attached hydrogens (primary N) is 1. The van der Waals surface area contributed by atoms with Gasteiger partial charge in [0.25, 0.3) is 0 Å². The zero-order valence-electron chi connectivity index (χ0n) is 17.5. The van der Waals surface area contributed by atoms with Crippen molar-refractivity contribution in [1.82, 2.24) is 10.0 Å². The molecule has 9 nitrogen and oxygen atoms in total. The number of fused-ring (bicyclic) bond motifs is 1. The van der Waals surface area contributed by atoms with E-state index in [1.165, 1.54) is 12.1 Å². The highest BCUT2D eigenvalue weighted by atomic mass is 32.2. The summed E-state index contributed by atoms with van der Waals surface area (Å²) in [5.41, 5.74) is 6.11. The summed E-state index contributed by atoms with van der Waals surface area (Å²) in [6.45, 7) is 0. The molecule has 0 radical (unpaired) electrons. The largest absolute Gasteiger partial charge is 0.481 e. The highest BCUT2D eigenvalue weighted by Crippen LogP contribution is 2.19. The molecule has 0 aromatic heterocycles. The summed E-state index contributed by atoms with van der Waals surface area (Å²) >= 11 is 0. The first kappa shape index (κ1) is 23.9. The van der Waals surface area contributed by atoms with Crippen molar-refractivity contribution in [1.29, 1.82) is 0 Å². The van der Waals surface area contributed by atoms with E-state index in [1.807, 2.05) is 12.1 Å². The summed E-state index contributed by atoms with van der Waals surface area (Å²) in [4.78, 5) is 35.9. The lowest BCUT2D eigenvalue weighted by atomic mass is 10.0. The van der Waals surface area contributed by atoms with Gasteiger partial charge in [0.1, 0.15) is 12.1 Å². The first-order chi connectivity index (χ1) is 15.7. The van der Waals surface area contributed by atoms with Crippen LogP contribution >= 0.6 is 0 Å². The third kappa shape index (κ3) is 6.37. The molecule has 5 N–H and O–H groups in total. The molecule has 33 heavy (non-hydrogen) atoms. The molecule has 2 atom stereocenters. The third-order valence-electron chi connectivity index (χ3n) is 4.97. The van der Waals surface area contributed by atoms with Gasteiger partial charge >= 0.3 is 5.97 Å². The lowest BCUT2D eigenvalue weighted by molar-refractivity contribution is -0.139. The Bertz CT molecular complexity index is 1280. The molecule has 3 aromatic rings. The van der Waals surface area contributed by atoms with Gasteiger partial charge in [0, 0.05) is 6.42 Å². The summed E-state index contributed by atoms with van der Waals surface area (Å²) in [5, 5.41) is 13.1. The standard InChI is InChI=1S/C23H23N3O6S/c24-22(29)19(12-15-6-2-1-3-7-15)25-23(30)20(14-21(27)28)26-33(31,32)18-11-10-16-8-4-5-9-17(16)13-18/h1-11,13,19-20,26H,12,14H2,(H2,24,29)(H,25,30)(H,27,28)/t19-,20-/m0/s1. The molecular formula is C23H23N3O6S. The molecule has 0 aliphatic rings. The Morgan fingerprint density at radius 3 is 2.15 bits per heavy atom. The van der Waals surface area contributed by atoms with E-state index in [1.54, 1.807) is 48.5 Å². The van der Waals surface area contributed by atoms with Gasteiger partial charge in [-0.15, -0.1) is 0 Å². The number of hydrogen-bond donors (Lipinski definition) is 4. The Hall–Kier alpha value is -3.76. The summed E-state index contributed by atoms with van der Waals surface area (Å²) in [6.07, 6.45) is -0.755. The van der Waals surface area contributed by atoms with Gasteiger partial charge in [-0.1, -0.05) is 60.7 Å². The Balaban J connectivity index is 1.81. The highest BCUT2D eigenvalue weighted by molar-refractivity contribution is 7.89. The van der Waals surface area contributed by atoms with Gasteiger partial charge in [-0.3, -0.25) is 14.4 Å². The molecule has 3 aromatic carbocycles. The maximum atomic E-state index is 12.9. The summed E-state index contributed by atoms with van der Waals surface area (Å²) in [7, 11) is -4.25. The van der Waals surface area contributed by atoms with Crippen molar-refractivity contribution in [2.24, 2.45) is 5.73 Å².